The number of carboxylic acid groups (broad SMARTS) is 1. The second-order valence-corrected chi connectivity index (χ2v) is 6.49. The van der Waals surface area contributed by atoms with E-state index in [9.17, 15) is 9.59 Å². The molecule has 1 heterocycles. The van der Waals surface area contributed by atoms with Crippen molar-refractivity contribution < 1.29 is 14.7 Å². The third-order valence-corrected chi connectivity index (χ3v) is 4.95. The number of carbonyl (C=O) groups excluding carboxylic acids is 1. The Hall–Kier alpha value is -2.14. The van der Waals surface area contributed by atoms with Crippen molar-refractivity contribution in [2.75, 3.05) is 0 Å². The Morgan fingerprint density at radius 1 is 1.23 bits per heavy atom. The molecule has 1 amide bonds. The molecule has 1 atom stereocenters. The van der Waals surface area contributed by atoms with Gasteiger partial charge >= 0.3 is 5.97 Å². The Labute approximate surface area is 132 Å². The number of hydrogen-bond donors (Lipinski definition) is 2. The van der Waals surface area contributed by atoms with Crippen molar-refractivity contribution in [1.29, 1.82) is 0 Å². The normalized spacial score (nSPS) is 16.8. The largest absolute Gasteiger partial charge is 0.478 e. The molecule has 0 fully saturated rings. The van der Waals surface area contributed by atoms with Gasteiger partial charge < -0.3 is 10.4 Å². The fourth-order valence-corrected chi connectivity index (χ4v) is 3.82. The number of fused-ring (bicyclic) bond motifs is 1. The number of thiophene rings is 1. The second-order valence-electron chi connectivity index (χ2n) is 5.49. The number of aromatic carboxylic acids is 1. The molecule has 3 rings (SSSR count). The second kappa shape index (κ2) is 6.32. The van der Waals surface area contributed by atoms with Crippen LogP contribution < -0.4 is 5.32 Å². The van der Waals surface area contributed by atoms with Gasteiger partial charge in [0.1, 0.15) is 0 Å². The summed E-state index contributed by atoms with van der Waals surface area (Å²) in [5, 5.41) is 14.0. The summed E-state index contributed by atoms with van der Waals surface area (Å²) in [6.45, 7) is 0. The zero-order valence-electron chi connectivity index (χ0n) is 12.0. The summed E-state index contributed by atoms with van der Waals surface area (Å²) in [4.78, 5) is 24.4. The Bertz CT molecular complexity index is 690. The van der Waals surface area contributed by atoms with Gasteiger partial charge in [-0.2, -0.15) is 0 Å². The Balaban J connectivity index is 1.63. The van der Waals surface area contributed by atoms with Crippen molar-refractivity contribution in [1.82, 2.24) is 5.32 Å². The molecule has 1 aromatic heterocycles. The smallest absolute Gasteiger partial charge is 0.335 e. The highest BCUT2D eigenvalue weighted by molar-refractivity contribution is 7.10. The fourth-order valence-electron chi connectivity index (χ4n) is 2.83. The topological polar surface area (TPSA) is 66.4 Å². The first-order valence-electron chi connectivity index (χ1n) is 7.31. The van der Waals surface area contributed by atoms with Gasteiger partial charge in [0.2, 0.25) is 5.91 Å². The number of carbonyl (C=O) groups is 2. The van der Waals surface area contributed by atoms with E-state index in [0.717, 1.165) is 24.8 Å². The van der Waals surface area contributed by atoms with E-state index in [1.165, 1.54) is 22.6 Å². The zero-order chi connectivity index (χ0) is 15.5. The minimum atomic E-state index is -0.955. The van der Waals surface area contributed by atoms with Gasteiger partial charge in [-0.25, -0.2) is 4.79 Å². The molecular formula is C17H17NO3S. The number of rotatable bonds is 4. The number of hydrogen-bond acceptors (Lipinski definition) is 3. The number of amides is 1. The predicted molar refractivity (Wildman–Crippen MR) is 85.2 cm³/mol. The summed E-state index contributed by atoms with van der Waals surface area (Å²) in [5.74, 6) is -0.977. The third-order valence-electron chi connectivity index (χ3n) is 3.95. The van der Waals surface area contributed by atoms with Gasteiger partial charge in [-0.3, -0.25) is 4.79 Å². The fraction of sp³-hybridized carbons (Fsp3) is 0.294. The van der Waals surface area contributed by atoms with Crippen LogP contribution in [-0.4, -0.2) is 17.0 Å². The SMILES string of the molecule is O=C(Cc1ccc(C(=O)O)cc1)NC1CCCc2sccc21. The summed E-state index contributed by atoms with van der Waals surface area (Å²) in [7, 11) is 0. The summed E-state index contributed by atoms with van der Waals surface area (Å²) in [6, 6.07) is 8.66. The summed E-state index contributed by atoms with van der Waals surface area (Å²) < 4.78 is 0. The van der Waals surface area contributed by atoms with Crippen molar-refractivity contribution in [3.63, 3.8) is 0 Å². The maximum absolute atomic E-state index is 12.2. The van der Waals surface area contributed by atoms with E-state index in [2.05, 4.69) is 16.8 Å². The molecule has 0 saturated carbocycles. The van der Waals surface area contributed by atoms with Crippen LogP contribution in [0.5, 0.6) is 0 Å². The van der Waals surface area contributed by atoms with Crippen molar-refractivity contribution >= 4 is 23.2 Å². The van der Waals surface area contributed by atoms with Crippen LogP contribution >= 0.6 is 11.3 Å². The number of carboxylic acids is 1. The van der Waals surface area contributed by atoms with Gasteiger partial charge in [-0.05, 0) is 54.0 Å². The van der Waals surface area contributed by atoms with Crippen LogP contribution in [0.15, 0.2) is 35.7 Å². The minimum Gasteiger partial charge on any atom is -0.478 e. The summed E-state index contributed by atoms with van der Waals surface area (Å²) >= 11 is 1.76. The van der Waals surface area contributed by atoms with Crippen LogP contribution in [0.25, 0.3) is 0 Å². The molecule has 114 valence electrons. The van der Waals surface area contributed by atoms with Crippen molar-refractivity contribution in [3.05, 3.63) is 57.3 Å². The number of nitrogens with one attached hydrogen (secondary N) is 1. The van der Waals surface area contributed by atoms with Crippen molar-refractivity contribution in [3.8, 4) is 0 Å². The molecule has 1 aromatic carbocycles. The van der Waals surface area contributed by atoms with E-state index in [-0.39, 0.29) is 23.9 Å². The molecule has 0 saturated heterocycles. The lowest BCUT2D eigenvalue weighted by Gasteiger charge is -2.23. The first kappa shape index (κ1) is 14.8. The third kappa shape index (κ3) is 3.20. The summed E-state index contributed by atoms with van der Waals surface area (Å²) in [6.07, 6.45) is 3.46. The van der Waals surface area contributed by atoms with Gasteiger partial charge in [0.15, 0.2) is 0 Å². The molecule has 2 N–H and O–H groups in total. The molecule has 0 spiro atoms. The molecule has 4 nitrogen and oxygen atoms in total. The highest BCUT2D eigenvalue weighted by Crippen LogP contribution is 2.33. The average molecular weight is 315 g/mol. The van der Waals surface area contributed by atoms with Crippen LogP contribution in [0.3, 0.4) is 0 Å². The molecule has 22 heavy (non-hydrogen) atoms. The van der Waals surface area contributed by atoms with E-state index in [1.807, 2.05) is 0 Å². The van der Waals surface area contributed by atoms with E-state index in [0.29, 0.717) is 0 Å². The van der Waals surface area contributed by atoms with Gasteiger partial charge in [0.05, 0.1) is 18.0 Å². The molecular weight excluding hydrogens is 298 g/mol. The predicted octanol–water partition coefficient (Wildman–Crippen LogP) is 3.18. The van der Waals surface area contributed by atoms with Gasteiger partial charge in [-0.15, -0.1) is 11.3 Å². The van der Waals surface area contributed by atoms with Crippen molar-refractivity contribution in [2.45, 2.75) is 31.7 Å². The highest BCUT2D eigenvalue weighted by atomic mass is 32.1. The Morgan fingerprint density at radius 2 is 2.00 bits per heavy atom. The molecule has 0 aliphatic heterocycles. The Morgan fingerprint density at radius 3 is 2.73 bits per heavy atom. The van der Waals surface area contributed by atoms with Crippen LogP contribution in [0.4, 0.5) is 0 Å². The van der Waals surface area contributed by atoms with E-state index in [4.69, 9.17) is 5.11 Å². The van der Waals surface area contributed by atoms with Crippen LogP contribution in [0.1, 0.15) is 45.2 Å². The molecule has 2 aromatic rings. The number of aryl methyl sites for hydroxylation is 1. The lowest BCUT2D eigenvalue weighted by atomic mass is 9.94. The van der Waals surface area contributed by atoms with Crippen molar-refractivity contribution in [2.24, 2.45) is 0 Å². The molecule has 1 unspecified atom stereocenters. The van der Waals surface area contributed by atoms with Crippen LogP contribution in [0, 0.1) is 0 Å². The van der Waals surface area contributed by atoms with E-state index >= 15 is 0 Å². The lowest BCUT2D eigenvalue weighted by Crippen LogP contribution is -2.31. The molecule has 0 radical (unpaired) electrons. The quantitative estimate of drug-likeness (QED) is 0.910. The van der Waals surface area contributed by atoms with Gasteiger partial charge in [-0.1, -0.05) is 12.1 Å². The summed E-state index contributed by atoms with van der Waals surface area (Å²) in [5.41, 5.74) is 2.31. The monoisotopic (exact) mass is 315 g/mol. The van der Waals surface area contributed by atoms with Gasteiger partial charge in [0, 0.05) is 4.88 Å². The zero-order valence-corrected chi connectivity index (χ0v) is 12.9. The van der Waals surface area contributed by atoms with Crippen LogP contribution in [0.2, 0.25) is 0 Å². The first-order chi connectivity index (χ1) is 10.6. The van der Waals surface area contributed by atoms with E-state index < -0.39 is 5.97 Å². The molecule has 5 heteroatoms. The number of benzene rings is 1. The molecule has 1 aliphatic carbocycles. The Kier molecular flexibility index (Phi) is 4.24. The van der Waals surface area contributed by atoms with Crippen LogP contribution in [-0.2, 0) is 17.6 Å². The average Bonchev–Trinajstić information content (AvgIpc) is 2.97. The van der Waals surface area contributed by atoms with Gasteiger partial charge in [0.25, 0.3) is 0 Å². The van der Waals surface area contributed by atoms with E-state index in [1.54, 1.807) is 23.5 Å². The maximum atomic E-state index is 12.2. The highest BCUT2D eigenvalue weighted by Gasteiger charge is 2.22. The standard InChI is InChI=1S/C17H17NO3S/c19-16(10-11-4-6-12(7-5-11)17(20)21)18-14-2-1-3-15-13(14)8-9-22-15/h4-9,14H,1-3,10H2,(H,18,19)(H,20,21). The first-order valence-corrected chi connectivity index (χ1v) is 8.19. The lowest BCUT2D eigenvalue weighted by molar-refractivity contribution is -0.121. The molecule has 1 aliphatic rings. The minimum absolute atomic E-state index is 0.0212. The molecule has 0 bridgehead atoms. The maximum Gasteiger partial charge on any atom is 0.335 e.